The summed E-state index contributed by atoms with van der Waals surface area (Å²) in [6.45, 7) is 1.74. The van der Waals surface area contributed by atoms with Gasteiger partial charge in [-0.25, -0.2) is 8.42 Å². The minimum Gasteiger partial charge on any atom is -0.497 e. The molecule has 0 saturated heterocycles. The predicted molar refractivity (Wildman–Crippen MR) is 116 cm³/mol. The molecule has 0 bridgehead atoms. The largest absolute Gasteiger partial charge is 0.497 e. The van der Waals surface area contributed by atoms with Crippen LogP contribution < -0.4 is 19.5 Å². The van der Waals surface area contributed by atoms with Crippen LogP contribution in [0.5, 0.6) is 11.5 Å². The monoisotopic (exact) mass is 426 g/mol. The molecule has 0 saturated carbocycles. The third-order valence-corrected chi connectivity index (χ3v) is 5.62. The molecule has 8 heteroatoms. The Bertz CT molecular complexity index is 1130. The number of hydrogen-bond acceptors (Lipinski definition) is 5. The minimum atomic E-state index is -3.78. The molecule has 0 aliphatic rings. The molecule has 0 atom stereocenters. The van der Waals surface area contributed by atoms with E-state index in [1.54, 1.807) is 30.3 Å². The van der Waals surface area contributed by atoms with E-state index in [1.807, 2.05) is 25.1 Å². The number of benzene rings is 3. The van der Waals surface area contributed by atoms with Crippen LogP contribution in [0.2, 0.25) is 0 Å². The second kappa shape index (κ2) is 9.32. The lowest BCUT2D eigenvalue weighted by atomic mass is 10.2. The summed E-state index contributed by atoms with van der Waals surface area (Å²) in [5.41, 5.74) is 1.79. The molecule has 0 unspecified atom stereocenters. The fourth-order valence-corrected chi connectivity index (χ4v) is 3.73. The van der Waals surface area contributed by atoms with Gasteiger partial charge in [0.15, 0.2) is 6.61 Å². The van der Waals surface area contributed by atoms with Crippen molar-refractivity contribution in [2.24, 2.45) is 0 Å². The highest BCUT2D eigenvalue weighted by molar-refractivity contribution is 7.92. The van der Waals surface area contributed by atoms with Crippen molar-refractivity contribution < 1.29 is 22.7 Å². The van der Waals surface area contributed by atoms with E-state index in [1.165, 1.54) is 31.4 Å². The number of aryl methyl sites for hydroxylation is 1. The maximum atomic E-state index is 12.6. The number of ether oxygens (including phenoxy) is 2. The molecule has 30 heavy (non-hydrogen) atoms. The average molecular weight is 426 g/mol. The number of amides is 1. The first-order chi connectivity index (χ1) is 14.4. The summed E-state index contributed by atoms with van der Waals surface area (Å²) in [5.74, 6) is 0.835. The number of methoxy groups -OCH3 is 1. The van der Waals surface area contributed by atoms with E-state index < -0.39 is 10.0 Å². The molecule has 3 aromatic rings. The van der Waals surface area contributed by atoms with E-state index in [4.69, 9.17) is 9.47 Å². The molecule has 0 aliphatic heterocycles. The lowest BCUT2D eigenvalue weighted by molar-refractivity contribution is -0.118. The molecule has 3 aromatic carbocycles. The van der Waals surface area contributed by atoms with Gasteiger partial charge in [0, 0.05) is 11.8 Å². The van der Waals surface area contributed by atoms with E-state index in [-0.39, 0.29) is 17.4 Å². The van der Waals surface area contributed by atoms with E-state index in [9.17, 15) is 13.2 Å². The quantitative estimate of drug-likeness (QED) is 0.571. The van der Waals surface area contributed by atoms with Crippen molar-refractivity contribution in [2.75, 3.05) is 23.8 Å². The van der Waals surface area contributed by atoms with Gasteiger partial charge in [-0.2, -0.15) is 0 Å². The molecule has 7 nitrogen and oxygen atoms in total. The Morgan fingerprint density at radius 2 is 1.67 bits per heavy atom. The number of nitrogens with one attached hydrogen (secondary N) is 2. The second-order valence-corrected chi connectivity index (χ2v) is 8.15. The normalized spacial score (nSPS) is 10.9. The van der Waals surface area contributed by atoms with Crippen molar-refractivity contribution >= 4 is 27.3 Å². The first kappa shape index (κ1) is 21.2. The van der Waals surface area contributed by atoms with Crippen LogP contribution in [0.4, 0.5) is 11.4 Å². The first-order valence-electron chi connectivity index (χ1n) is 9.12. The molecular formula is C22H22N2O5S. The van der Waals surface area contributed by atoms with Crippen molar-refractivity contribution in [3.8, 4) is 11.5 Å². The zero-order valence-electron chi connectivity index (χ0n) is 16.6. The Morgan fingerprint density at radius 3 is 2.37 bits per heavy atom. The maximum Gasteiger partial charge on any atom is 0.262 e. The zero-order chi connectivity index (χ0) is 21.6. The van der Waals surface area contributed by atoms with Crippen LogP contribution in [0.1, 0.15) is 5.56 Å². The Kier molecular flexibility index (Phi) is 6.58. The van der Waals surface area contributed by atoms with Gasteiger partial charge in [0.05, 0.1) is 17.7 Å². The van der Waals surface area contributed by atoms with Gasteiger partial charge >= 0.3 is 0 Å². The molecule has 0 heterocycles. The molecule has 0 radical (unpaired) electrons. The number of sulfonamides is 1. The summed E-state index contributed by atoms with van der Waals surface area (Å²) in [6, 6.07) is 19.9. The van der Waals surface area contributed by atoms with Crippen LogP contribution in [-0.4, -0.2) is 28.0 Å². The van der Waals surface area contributed by atoms with Gasteiger partial charge in [-0.05, 0) is 55.0 Å². The topological polar surface area (TPSA) is 93.7 Å². The van der Waals surface area contributed by atoms with Crippen molar-refractivity contribution in [3.63, 3.8) is 0 Å². The highest BCUT2D eigenvalue weighted by Crippen LogP contribution is 2.22. The molecule has 0 spiro atoms. The van der Waals surface area contributed by atoms with Crippen LogP contribution >= 0.6 is 0 Å². The summed E-state index contributed by atoms with van der Waals surface area (Å²) in [6.07, 6.45) is 0. The number of anilines is 2. The SMILES string of the molecule is COc1cccc(NS(=O)(=O)c2ccc(NC(=O)COc3ccccc3C)cc2)c1. The fourth-order valence-electron chi connectivity index (χ4n) is 2.68. The third kappa shape index (κ3) is 5.51. The van der Waals surface area contributed by atoms with Crippen molar-refractivity contribution in [1.29, 1.82) is 0 Å². The van der Waals surface area contributed by atoms with E-state index in [0.717, 1.165) is 5.56 Å². The second-order valence-electron chi connectivity index (χ2n) is 6.46. The zero-order valence-corrected chi connectivity index (χ0v) is 17.4. The summed E-state index contributed by atoms with van der Waals surface area (Å²) >= 11 is 0. The molecule has 1 amide bonds. The minimum absolute atomic E-state index is 0.0690. The molecule has 2 N–H and O–H groups in total. The van der Waals surface area contributed by atoms with Gasteiger partial charge in [-0.1, -0.05) is 24.3 Å². The summed E-state index contributed by atoms with van der Waals surface area (Å²) in [4.78, 5) is 12.2. The smallest absolute Gasteiger partial charge is 0.262 e. The Morgan fingerprint density at radius 1 is 0.933 bits per heavy atom. The van der Waals surface area contributed by atoms with Crippen LogP contribution in [-0.2, 0) is 14.8 Å². The predicted octanol–water partition coefficient (Wildman–Crippen LogP) is 3.82. The lowest BCUT2D eigenvalue weighted by Crippen LogP contribution is -2.20. The van der Waals surface area contributed by atoms with Crippen molar-refractivity contribution in [3.05, 3.63) is 78.4 Å². The average Bonchev–Trinajstić information content (AvgIpc) is 2.73. The standard InChI is InChI=1S/C22H22N2O5S/c1-16-6-3-4-9-21(16)29-15-22(25)23-17-10-12-20(13-11-17)30(26,27)24-18-7-5-8-19(14-18)28-2/h3-14,24H,15H2,1-2H3,(H,23,25). The van der Waals surface area contributed by atoms with Crippen molar-refractivity contribution in [1.82, 2.24) is 0 Å². The Balaban J connectivity index is 1.61. The number of carbonyl (C=O) groups is 1. The van der Waals surface area contributed by atoms with Crippen LogP contribution in [0.25, 0.3) is 0 Å². The number of carbonyl (C=O) groups excluding carboxylic acids is 1. The van der Waals surface area contributed by atoms with Crippen LogP contribution in [0.15, 0.2) is 77.7 Å². The molecule has 0 aliphatic carbocycles. The molecule has 156 valence electrons. The Labute approximate surface area is 175 Å². The lowest BCUT2D eigenvalue weighted by Gasteiger charge is -2.11. The van der Waals surface area contributed by atoms with Gasteiger partial charge in [0.2, 0.25) is 0 Å². The van der Waals surface area contributed by atoms with Crippen molar-refractivity contribution in [2.45, 2.75) is 11.8 Å². The van der Waals surface area contributed by atoms with Gasteiger partial charge < -0.3 is 14.8 Å². The molecular weight excluding hydrogens is 404 g/mol. The molecule has 3 rings (SSSR count). The maximum absolute atomic E-state index is 12.6. The van der Waals surface area contributed by atoms with E-state index >= 15 is 0 Å². The van der Waals surface area contributed by atoms with E-state index in [0.29, 0.717) is 22.9 Å². The fraction of sp³-hybridized carbons (Fsp3) is 0.136. The number of para-hydroxylation sites is 1. The third-order valence-electron chi connectivity index (χ3n) is 4.22. The highest BCUT2D eigenvalue weighted by Gasteiger charge is 2.15. The summed E-state index contributed by atoms with van der Waals surface area (Å²) in [5, 5.41) is 2.68. The van der Waals surface area contributed by atoms with Gasteiger partial charge in [0.1, 0.15) is 11.5 Å². The molecule has 0 fully saturated rings. The number of rotatable bonds is 8. The molecule has 0 aromatic heterocycles. The van der Waals surface area contributed by atoms with Gasteiger partial charge in [-0.3, -0.25) is 9.52 Å². The summed E-state index contributed by atoms with van der Waals surface area (Å²) < 4.78 is 38.2. The van der Waals surface area contributed by atoms with Crippen LogP contribution in [0, 0.1) is 6.92 Å². The Hall–Kier alpha value is -3.52. The first-order valence-corrected chi connectivity index (χ1v) is 10.6. The number of hydrogen-bond donors (Lipinski definition) is 2. The van der Waals surface area contributed by atoms with E-state index in [2.05, 4.69) is 10.0 Å². The summed E-state index contributed by atoms with van der Waals surface area (Å²) in [7, 11) is -2.27. The van der Waals surface area contributed by atoms with Gasteiger partial charge in [-0.15, -0.1) is 0 Å². The van der Waals surface area contributed by atoms with Crippen LogP contribution in [0.3, 0.4) is 0 Å². The highest BCUT2D eigenvalue weighted by atomic mass is 32.2. The van der Waals surface area contributed by atoms with Gasteiger partial charge in [0.25, 0.3) is 15.9 Å².